The van der Waals surface area contributed by atoms with Crippen LogP contribution in [0.3, 0.4) is 0 Å². The van der Waals surface area contributed by atoms with Gasteiger partial charge in [-0.25, -0.2) is 0 Å². The molecule has 21 heavy (non-hydrogen) atoms. The number of nitro benzene ring substituents is 1. The molecule has 0 N–H and O–H groups in total. The summed E-state index contributed by atoms with van der Waals surface area (Å²) in [6, 6.07) is 12.4. The van der Waals surface area contributed by atoms with Gasteiger partial charge in [-0.3, -0.25) is 0 Å². The second-order valence-electron chi connectivity index (χ2n) is 4.30. The fourth-order valence-corrected chi connectivity index (χ4v) is 3.96. The minimum atomic E-state index is -0.533. The Morgan fingerprint density at radius 3 is 2.38 bits per heavy atom. The van der Waals surface area contributed by atoms with E-state index in [4.69, 9.17) is 0 Å². The summed E-state index contributed by atoms with van der Waals surface area (Å²) >= 11 is -0.396. The number of aromatic nitrogens is 1. The number of fused-ring (bicyclic) bond motifs is 1. The summed E-state index contributed by atoms with van der Waals surface area (Å²) in [5, 5.41) is 11.1. The molecule has 7 heteroatoms. The first-order valence-electron chi connectivity index (χ1n) is 5.98. The maximum atomic E-state index is 12.4. The number of rotatable bonds is 2. The van der Waals surface area contributed by atoms with Crippen LogP contribution < -0.4 is 5.56 Å². The molecule has 3 rings (SSSR count). The molecular weight excluding hydrogens is 339 g/mol. The number of hydrogen-bond donors (Lipinski definition) is 0. The number of nitrogens with zero attached hydrogens (tertiary/aromatic N) is 2. The van der Waals surface area contributed by atoms with Crippen molar-refractivity contribution >= 4 is 36.0 Å². The molecule has 0 aliphatic carbocycles. The molecule has 0 spiro atoms. The van der Waals surface area contributed by atoms with Gasteiger partial charge in [-0.15, -0.1) is 0 Å². The molecular formula is C14H8N2O4Se. The zero-order chi connectivity index (χ0) is 15.0. The van der Waals surface area contributed by atoms with E-state index in [1.165, 1.54) is 27.8 Å². The zero-order valence-electron chi connectivity index (χ0n) is 10.6. The Labute approximate surface area is 124 Å². The fourth-order valence-electron chi connectivity index (χ4n) is 1.95. The summed E-state index contributed by atoms with van der Waals surface area (Å²) in [4.78, 5) is 34.6. The molecule has 0 atom stereocenters. The second-order valence-corrected chi connectivity index (χ2v) is 6.37. The Balaban J connectivity index is 2.06. The number of benzene rings is 2. The van der Waals surface area contributed by atoms with Crippen LogP contribution in [0.15, 0.2) is 53.3 Å². The van der Waals surface area contributed by atoms with Crippen molar-refractivity contribution in [3.8, 4) is 0 Å². The third-order valence-corrected chi connectivity index (χ3v) is 5.24. The normalized spacial score (nSPS) is 10.7. The van der Waals surface area contributed by atoms with Crippen molar-refractivity contribution in [1.29, 1.82) is 0 Å². The van der Waals surface area contributed by atoms with Crippen molar-refractivity contribution in [2.45, 2.75) is 0 Å². The van der Waals surface area contributed by atoms with Gasteiger partial charge >= 0.3 is 124 Å². The van der Waals surface area contributed by atoms with Crippen LogP contribution >= 0.6 is 0 Å². The van der Waals surface area contributed by atoms with Crippen molar-refractivity contribution in [3.63, 3.8) is 0 Å². The van der Waals surface area contributed by atoms with E-state index < -0.39 is 25.6 Å². The molecule has 1 aromatic heterocycles. The van der Waals surface area contributed by atoms with Gasteiger partial charge in [-0.05, 0) is 0 Å². The topological polar surface area (TPSA) is 82.2 Å². The van der Waals surface area contributed by atoms with Crippen LogP contribution in [0.5, 0.6) is 0 Å². The molecule has 6 nitrogen and oxygen atoms in total. The first-order chi connectivity index (χ1) is 10.1. The first-order valence-corrected chi connectivity index (χ1v) is 7.60. The predicted molar refractivity (Wildman–Crippen MR) is 78.0 cm³/mol. The van der Waals surface area contributed by atoms with E-state index in [1.54, 1.807) is 12.1 Å². The molecule has 0 saturated heterocycles. The number of carbonyl (C=O) groups is 1. The Bertz CT molecular complexity index is 909. The third-order valence-electron chi connectivity index (χ3n) is 3.00. The van der Waals surface area contributed by atoms with Crippen LogP contribution in [0.1, 0.15) is 10.4 Å². The monoisotopic (exact) mass is 348 g/mol. The van der Waals surface area contributed by atoms with Gasteiger partial charge < -0.3 is 0 Å². The number of nitro groups is 1. The predicted octanol–water partition coefficient (Wildman–Crippen LogP) is 1.66. The van der Waals surface area contributed by atoms with Gasteiger partial charge in [0.1, 0.15) is 0 Å². The van der Waals surface area contributed by atoms with Crippen molar-refractivity contribution < 1.29 is 9.72 Å². The molecule has 0 aliphatic heterocycles. The van der Waals surface area contributed by atoms with Gasteiger partial charge in [0.05, 0.1) is 0 Å². The van der Waals surface area contributed by atoms with Gasteiger partial charge in [-0.2, -0.15) is 0 Å². The van der Waals surface area contributed by atoms with E-state index in [2.05, 4.69) is 0 Å². The molecule has 104 valence electrons. The van der Waals surface area contributed by atoms with Crippen molar-refractivity contribution in [2.24, 2.45) is 0 Å². The van der Waals surface area contributed by atoms with E-state index in [1.807, 2.05) is 12.1 Å². The Morgan fingerprint density at radius 2 is 1.76 bits per heavy atom. The van der Waals surface area contributed by atoms with Gasteiger partial charge in [0.25, 0.3) is 0 Å². The third kappa shape index (κ3) is 2.33. The summed E-state index contributed by atoms with van der Waals surface area (Å²) in [6.45, 7) is 0. The van der Waals surface area contributed by atoms with Crippen LogP contribution in [0.25, 0.3) is 9.65 Å². The van der Waals surface area contributed by atoms with E-state index in [-0.39, 0.29) is 16.8 Å². The standard InChI is InChI=1S/C14H8N2O4Se/c17-13(9-5-7-10(8-6-9)16(19)20)15-14(18)11-3-1-2-4-12(11)21-15/h1-8H. The SMILES string of the molecule is O=C(c1ccc([N+](=O)[O-])cc1)n1[se]c2ccccc2c1=O. The number of hydrogen-bond acceptors (Lipinski definition) is 4. The van der Waals surface area contributed by atoms with Crippen LogP contribution in [-0.4, -0.2) is 29.1 Å². The zero-order valence-corrected chi connectivity index (χ0v) is 12.3. The van der Waals surface area contributed by atoms with Crippen LogP contribution in [0.2, 0.25) is 0 Å². The molecule has 0 fully saturated rings. The van der Waals surface area contributed by atoms with Crippen molar-refractivity contribution in [3.05, 3.63) is 74.6 Å². The van der Waals surface area contributed by atoms with Crippen molar-refractivity contribution in [2.75, 3.05) is 0 Å². The number of non-ortho nitro benzene ring substituents is 1. The summed E-state index contributed by atoms with van der Waals surface area (Å²) in [6.07, 6.45) is 0. The van der Waals surface area contributed by atoms with Gasteiger partial charge in [-0.1, -0.05) is 0 Å². The molecule has 1 heterocycles. The minimum absolute atomic E-state index is 0.0897. The maximum absolute atomic E-state index is 12.4. The summed E-state index contributed by atoms with van der Waals surface area (Å²) < 4.78 is 2.07. The summed E-state index contributed by atoms with van der Waals surface area (Å²) in [7, 11) is 0. The number of carbonyl (C=O) groups excluding carboxylic acids is 1. The van der Waals surface area contributed by atoms with Crippen LogP contribution in [0.4, 0.5) is 5.69 Å². The van der Waals surface area contributed by atoms with Gasteiger partial charge in [0.15, 0.2) is 0 Å². The summed E-state index contributed by atoms with van der Waals surface area (Å²) in [5.41, 5.74) is -0.134. The Morgan fingerprint density at radius 1 is 1.10 bits per heavy atom. The van der Waals surface area contributed by atoms with Crippen LogP contribution in [0, 0.1) is 10.1 Å². The second kappa shape index (κ2) is 5.12. The Hall–Kier alpha value is -2.50. The molecule has 2 aromatic carbocycles. The average Bonchev–Trinajstić information content (AvgIpc) is 2.84. The van der Waals surface area contributed by atoms with E-state index >= 15 is 0 Å². The van der Waals surface area contributed by atoms with Crippen molar-refractivity contribution in [1.82, 2.24) is 3.56 Å². The van der Waals surface area contributed by atoms with E-state index in [0.29, 0.717) is 5.39 Å². The molecule has 0 radical (unpaired) electrons. The van der Waals surface area contributed by atoms with E-state index in [0.717, 1.165) is 4.26 Å². The first kappa shape index (κ1) is 13.5. The molecule has 0 bridgehead atoms. The Kier molecular flexibility index (Phi) is 3.29. The molecule has 0 aliphatic rings. The van der Waals surface area contributed by atoms with Gasteiger partial charge in [0.2, 0.25) is 0 Å². The van der Waals surface area contributed by atoms with E-state index in [9.17, 15) is 19.7 Å². The molecule has 3 aromatic rings. The fraction of sp³-hybridized carbons (Fsp3) is 0. The average molecular weight is 347 g/mol. The van der Waals surface area contributed by atoms with Gasteiger partial charge in [0, 0.05) is 0 Å². The molecule has 0 amide bonds. The quantitative estimate of drug-likeness (QED) is 0.401. The summed E-state index contributed by atoms with van der Waals surface area (Å²) in [5.74, 6) is -0.425. The molecule has 0 unspecified atom stereocenters. The van der Waals surface area contributed by atoms with Crippen LogP contribution in [-0.2, 0) is 0 Å². The molecule has 0 saturated carbocycles.